The van der Waals surface area contributed by atoms with Gasteiger partial charge >= 0.3 is 0 Å². The molecule has 1 aliphatic carbocycles. The lowest BCUT2D eigenvalue weighted by atomic mass is 10.0. The number of nitrogens with one attached hydrogen (secondary N) is 1. The summed E-state index contributed by atoms with van der Waals surface area (Å²) < 4.78 is 13.7. The van der Waals surface area contributed by atoms with E-state index in [2.05, 4.69) is 5.32 Å². The van der Waals surface area contributed by atoms with Gasteiger partial charge in [-0.05, 0) is 49.4 Å². The normalized spacial score (nSPS) is 14.0. The van der Waals surface area contributed by atoms with Gasteiger partial charge in [0, 0.05) is 24.0 Å². The van der Waals surface area contributed by atoms with Crippen LogP contribution in [0.5, 0.6) is 0 Å². The molecule has 0 aliphatic heterocycles. The lowest BCUT2D eigenvalue weighted by Crippen LogP contribution is -2.27. The Labute approximate surface area is 147 Å². The number of rotatable bonds is 6. The quantitative estimate of drug-likeness (QED) is 0.804. The zero-order valence-corrected chi connectivity index (χ0v) is 14.3. The minimum absolute atomic E-state index is 0.0246. The summed E-state index contributed by atoms with van der Waals surface area (Å²) in [7, 11) is 0. The first-order valence-corrected chi connectivity index (χ1v) is 8.73. The highest BCUT2D eigenvalue weighted by molar-refractivity contribution is 5.98. The Kier molecular flexibility index (Phi) is 5.27. The third-order valence-corrected chi connectivity index (χ3v) is 4.75. The molecule has 0 bridgehead atoms. The van der Waals surface area contributed by atoms with Crippen LogP contribution in [-0.4, -0.2) is 11.7 Å². The number of halogens is 1. The molecule has 4 heteroatoms. The van der Waals surface area contributed by atoms with Crippen molar-refractivity contribution in [2.24, 2.45) is 0 Å². The fraction of sp³-hybridized carbons (Fsp3) is 0.333. The molecule has 0 aromatic heterocycles. The summed E-state index contributed by atoms with van der Waals surface area (Å²) in [5.41, 5.74) is 3.70. The molecule has 0 spiro atoms. The number of fused-ring (bicyclic) bond motifs is 1. The average Bonchev–Trinajstić information content (AvgIpc) is 3.07. The Morgan fingerprint density at radius 1 is 1.08 bits per heavy atom. The summed E-state index contributed by atoms with van der Waals surface area (Å²) in [4.78, 5) is 24.4. The number of carbonyl (C=O) groups excluding carboxylic acids is 2. The van der Waals surface area contributed by atoms with Gasteiger partial charge in [-0.15, -0.1) is 0 Å². The smallest absolute Gasteiger partial charge is 0.220 e. The van der Waals surface area contributed by atoms with E-state index < -0.39 is 6.04 Å². The summed E-state index contributed by atoms with van der Waals surface area (Å²) in [6.45, 7) is 1.73. The van der Waals surface area contributed by atoms with Crippen molar-refractivity contribution in [2.75, 3.05) is 0 Å². The largest absolute Gasteiger partial charge is 0.349 e. The number of hydrogen-bond donors (Lipinski definition) is 1. The second kappa shape index (κ2) is 7.60. The molecule has 1 aliphatic rings. The van der Waals surface area contributed by atoms with E-state index in [1.807, 2.05) is 18.2 Å². The number of benzene rings is 2. The highest BCUT2D eigenvalue weighted by atomic mass is 19.1. The van der Waals surface area contributed by atoms with Crippen LogP contribution < -0.4 is 5.32 Å². The molecule has 0 radical (unpaired) electrons. The van der Waals surface area contributed by atoms with Crippen LogP contribution in [0.4, 0.5) is 4.39 Å². The van der Waals surface area contributed by atoms with Crippen LogP contribution in [-0.2, 0) is 17.6 Å². The molecule has 0 fully saturated rings. The van der Waals surface area contributed by atoms with E-state index in [1.54, 1.807) is 25.1 Å². The van der Waals surface area contributed by atoms with E-state index in [0.717, 1.165) is 19.3 Å². The average molecular weight is 339 g/mol. The minimum atomic E-state index is -0.427. The molecule has 0 saturated carbocycles. The molecule has 25 heavy (non-hydrogen) atoms. The second-order valence-corrected chi connectivity index (χ2v) is 6.57. The number of hydrogen-bond acceptors (Lipinski definition) is 2. The number of amides is 1. The highest BCUT2D eigenvalue weighted by Crippen LogP contribution is 2.23. The highest BCUT2D eigenvalue weighted by Gasteiger charge is 2.16. The van der Waals surface area contributed by atoms with E-state index in [0.29, 0.717) is 11.1 Å². The van der Waals surface area contributed by atoms with Crippen LogP contribution in [0.2, 0.25) is 0 Å². The third kappa shape index (κ3) is 4.13. The lowest BCUT2D eigenvalue weighted by molar-refractivity contribution is -0.121. The summed E-state index contributed by atoms with van der Waals surface area (Å²) in [5, 5.41) is 2.75. The number of carbonyl (C=O) groups is 2. The molecule has 2 aromatic carbocycles. The molecule has 1 amide bonds. The van der Waals surface area contributed by atoms with E-state index >= 15 is 0 Å². The van der Waals surface area contributed by atoms with Crippen LogP contribution >= 0.6 is 0 Å². The fourth-order valence-electron chi connectivity index (χ4n) is 3.33. The van der Waals surface area contributed by atoms with Crippen LogP contribution in [0, 0.1) is 5.82 Å². The Morgan fingerprint density at radius 2 is 1.84 bits per heavy atom. The van der Waals surface area contributed by atoms with Crippen molar-refractivity contribution in [3.63, 3.8) is 0 Å². The molecule has 0 heterocycles. The van der Waals surface area contributed by atoms with Gasteiger partial charge < -0.3 is 5.32 Å². The maximum atomic E-state index is 13.7. The number of aryl methyl sites for hydroxylation is 2. The van der Waals surface area contributed by atoms with Gasteiger partial charge in [0.25, 0.3) is 0 Å². The van der Waals surface area contributed by atoms with Crippen molar-refractivity contribution in [1.29, 1.82) is 0 Å². The Bertz CT molecular complexity index is 800. The lowest BCUT2D eigenvalue weighted by Gasteiger charge is -2.15. The summed E-state index contributed by atoms with van der Waals surface area (Å²) in [5.74, 6) is -0.613. The summed E-state index contributed by atoms with van der Waals surface area (Å²) >= 11 is 0. The van der Waals surface area contributed by atoms with Gasteiger partial charge in [-0.25, -0.2) is 4.39 Å². The predicted octanol–water partition coefficient (Wildman–Crippen LogP) is 4.15. The van der Waals surface area contributed by atoms with Gasteiger partial charge in [0.1, 0.15) is 5.82 Å². The van der Waals surface area contributed by atoms with E-state index in [1.165, 1.54) is 17.2 Å². The summed E-state index contributed by atoms with van der Waals surface area (Å²) in [6, 6.07) is 11.8. The zero-order chi connectivity index (χ0) is 17.8. The SMILES string of the molecule is CC(NC(=O)CCC(=O)c1ccc2c(c1)CCC2)c1ccccc1F. The van der Waals surface area contributed by atoms with Gasteiger partial charge in [-0.2, -0.15) is 0 Å². The number of ketones is 1. The van der Waals surface area contributed by atoms with Crippen molar-refractivity contribution in [2.45, 2.75) is 45.1 Å². The van der Waals surface area contributed by atoms with Crippen molar-refractivity contribution in [3.8, 4) is 0 Å². The minimum Gasteiger partial charge on any atom is -0.349 e. The first-order valence-electron chi connectivity index (χ1n) is 8.73. The van der Waals surface area contributed by atoms with Crippen LogP contribution in [0.15, 0.2) is 42.5 Å². The van der Waals surface area contributed by atoms with E-state index in [9.17, 15) is 14.0 Å². The Hall–Kier alpha value is -2.49. The van der Waals surface area contributed by atoms with Crippen LogP contribution in [0.3, 0.4) is 0 Å². The molecular formula is C21H22FNO2. The molecule has 1 unspecified atom stereocenters. The molecule has 0 saturated heterocycles. The van der Waals surface area contributed by atoms with Gasteiger partial charge in [-0.1, -0.05) is 30.3 Å². The standard InChI is InChI=1S/C21H22FNO2/c1-14(18-7-2-3-8-19(18)22)23-21(25)12-11-20(24)17-10-9-15-5-4-6-16(15)13-17/h2-3,7-10,13-14H,4-6,11-12H2,1H3,(H,23,25). The van der Waals surface area contributed by atoms with Crippen molar-refractivity contribution >= 4 is 11.7 Å². The van der Waals surface area contributed by atoms with E-state index in [-0.39, 0.29) is 30.3 Å². The maximum Gasteiger partial charge on any atom is 0.220 e. The second-order valence-electron chi connectivity index (χ2n) is 6.57. The summed E-state index contributed by atoms with van der Waals surface area (Å²) in [6.07, 6.45) is 3.52. The van der Waals surface area contributed by atoms with Gasteiger partial charge in [-0.3, -0.25) is 9.59 Å². The first-order chi connectivity index (χ1) is 12.0. The Balaban J connectivity index is 1.53. The van der Waals surface area contributed by atoms with E-state index in [4.69, 9.17) is 0 Å². The predicted molar refractivity (Wildman–Crippen MR) is 95.0 cm³/mol. The molecule has 1 atom stereocenters. The first kappa shape index (κ1) is 17.3. The molecule has 1 N–H and O–H groups in total. The molecular weight excluding hydrogens is 317 g/mol. The van der Waals surface area contributed by atoms with Gasteiger partial charge in [0.15, 0.2) is 5.78 Å². The van der Waals surface area contributed by atoms with Crippen molar-refractivity contribution < 1.29 is 14.0 Å². The molecule has 3 nitrogen and oxygen atoms in total. The number of Topliss-reactive ketones (excluding diaryl/α,β-unsaturated/α-hetero) is 1. The molecule has 3 rings (SSSR count). The van der Waals surface area contributed by atoms with Crippen LogP contribution in [0.25, 0.3) is 0 Å². The zero-order valence-electron chi connectivity index (χ0n) is 14.3. The molecule has 2 aromatic rings. The fourth-order valence-corrected chi connectivity index (χ4v) is 3.33. The van der Waals surface area contributed by atoms with Crippen molar-refractivity contribution in [1.82, 2.24) is 5.32 Å². The monoisotopic (exact) mass is 339 g/mol. The third-order valence-electron chi connectivity index (χ3n) is 4.75. The maximum absolute atomic E-state index is 13.7. The Morgan fingerprint density at radius 3 is 2.64 bits per heavy atom. The van der Waals surface area contributed by atoms with Crippen LogP contribution in [0.1, 0.15) is 59.3 Å². The topological polar surface area (TPSA) is 46.2 Å². The van der Waals surface area contributed by atoms with Crippen molar-refractivity contribution in [3.05, 3.63) is 70.5 Å². The molecule has 130 valence electrons. The van der Waals surface area contributed by atoms with Gasteiger partial charge in [0.2, 0.25) is 5.91 Å². The van der Waals surface area contributed by atoms with Gasteiger partial charge in [0.05, 0.1) is 6.04 Å².